The van der Waals surface area contributed by atoms with E-state index in [1.165, 1.54) is 109 Å². The van der Waals surface area contributed by atoms with E-state index in [2.05, 4.69) is 125 Å². The van der Waals surface area contributed by atoms with Crippen molar-refractivity contribution in [3.05, 3.63) is 122 Å². The lowest BCUT2D eigenvalue weighted by atomic mass is 10.0. The van der Waals surface area contributed by atoms with Crippen molar-refractivity contribution in [2.45, 2.75) is 329 Å². The van der Waals surface area contributed by atoms with Crippen LogP contribution in [-0.2, 0) is 65.4 Å². The monoisotopic (exact) mass is 1440 g/mol. The van der Waals surface area contributed by atoms with Gasteiger partial charge in [-0.2, -0.15) is 0 Å². The predicted molar refractivity (Wildman–Crippen MR) is 408 cm³/mol. The maximum absolute atomic E-state index is 13.1. The Bertz CT molecular complexity index is 2370. The van der Waals surface area contributed by atoms with Gasteiger partial charge in [-0.3, -0.25) is 37.3 Å². The third-order valence-corrected chi connectivity index (χ3v) is 17.9. The maximum atomic E-state index is 13.1. The number of phosphoric acid groups is 2. The number of hydrogen-bond acceptors (Lipinski definition) is 15. The number of aliphatic hydroxyl groups is 1. The molecular formula is C81H138O17P2. The third-order valence-electron chi connectivity index (χ3n) is 16.0. The second-order valence-corrected chi connectivity index (χ2v) is 28.5. The lowest BCUT2D eigenvalue weighted by Crippen LogP contribution is -2.30. The minimum absolute atomic E-state index is 0.00225. The van der Waals surface area contributed by atoms with Gasteiger partial charge in [-0.25, -0.2) is 9.13 Å². The van der Waals surface area contributed by atoms with Gasteiger partial charge in [0.15, 0.2) is 12.2 Å². The summed E-state index contributed by atoms with van der Waals surface area (Å²) in [5.41, 5.74) is 0. The van der Waals surface area contributed by atoms with E-state index < -0.39 is 97.5 Å². The Morgan fingerprint density at radius 3 is 0.810 bits per heavy atom. The van der Waals surface area contributed by atoms with Crippen LogP contribution in [0.5, 0.6) is 0 Å². The fourth-order valence-electron chi connectivity index (χ4n) is 10.1. The molecule has 100 heavy (non-hydrogen) atoms. The van der Waals surface area contributed by atoms with E-state index >= 15 is 0 Å². The molecule has 0 aromatic heterocycles. The molecule has 0 rings (SSSR count). The fourth-order valence-corrected chi connectivity index (χ4v) is 11.7. The summed E-state index contributed by atoms with van der Waals surface area (Å²) in [7, 11) is -9.98. The van der Waals surface area contributed by atoms with Crippen molar-refractivity contribution in [3.63, 3.8) is 0 Å². The van der Waals surface area contributed by atoms with Gasteiger partial charge in [-0.1, -0.05) is 303 Å². The molecule has 574 valence electrons. The summed E-state index contributed by atoms with van der Waals surface area (Å²) in [5.74, 6) is -2.30. The number of esters is 4. The first-order valence-electron chi connectivity index (χ1n) is 38.8. The van der Waals surface area contributed by atoms with Crippen molar-refractivity contribution in [2.24, 2.45) is 0 Å². The Kier molecular flexibility index (Phi) is 69.5. The van der Waals surface area contributed by atoms with Crippen LogP contribution < -0.4 is 0 Å². The van der Waals surface area contributed by atoms with E-state index in [1.54, 1.807) is 0 Å². The molecule has 0 fully saturated rings. The Hall–Kier alpha value is -4.54. The van der Waals surface area contributed by atoms with Gasteiger partial charge in [-0.15, -0.1) is 0 Å². The number of ether oxygens (including phenoxy) is 4. The zero-order valence-corrected chi connectivity index (χ0v) is 64.4. The van der Waals surface area contributed by atoms with E-state index in [4.69, 9.17) is 37.0 Å². The number of unbranched alkanes of at least 4 members (excludes halogenated alkanes) is 26. The van der Waals surface area contributed by atoms with Gasteiger partial charge in [0, 0.05) is 25.7 Å². The van der Waals surface area contributed by atoms with Gasteiger partial charge in [-0.05, 0) is 103 Å². The SMILES string of the molecule is CC/C=C\C/C=C\C/C=C\C/C=C\C/C=C\CCCC(=O)OCC(COP(=O)(O)OCC(O)COP(=O)(O)OCC(COC(=O)CCCCCCCCCCCCCCC)OC(=O)CCCCCCCCCCCCCCC)OC(=O)CCC/C=C\C/C=C\C/C=C\C/C=C\C/C=C\CC. The van der Waals surface area contributed by atoms with Gasteiger partial charge < -0.3 is 33.8 Å². The van der Waals surface area contributed by atoms with E-state index in [0.717, 1.165) is 109 Å². The van der Waals surface area contributed by atoms with E-state index in [9.17, 15) is 43.2 Å². The molecule has 0 aromatic rings. The van der Waals surface area contributed by atoms with Crippen LogP contribution in [0.3, 0.4) is 0 Å². The van der Waals surface area contributed by atoms with Crippen LogP contribution in [0.4, 0.5) is 0 Å². The number of carbonyl (C=O) groups is 4. The molecule has 0 heterocycles. The molecule has 0 spiro atoms. The van der Waals surface area contributed by atoms with E-state index in [-0.39, 0.29) is 25.7 Å². The normalized spacial score (nSPS) is 14.6. The van der Waals surface area contributed by atoms with Crippen molar-refractivity contribution in [1.82, 2.24) is 0 Å². The molecule has 3 N–H and O–H groups in total. The first kappa shape index (κ1) is 95.5. The molecule has 17 nitrogen and oxygen atoms in total. The van der Waals surface area contributed by atoms with Crippen molar-refractivity contribution >= 4 is 39.5 Å². The first-order valence-corrected chi connectivity index (χ1v) is 41.8. The Balaban J connectivity index is 5.45. The van der Waals surface area contributed by atoms with E-state index in [0.29, 0.717) is 38.5 Å². The van der Waals surface area contributed by atoms with Crippen LogP contribution >= 0.6 is 15.6 Å². The quantitative estimate of drug-likeness (QED) is 0.0169. The summed E-state index contributed by atoms with van der Waals surface area (Å²) in [6, 6.07) is 0. The van der Waals surface area contributed by atoms with Crippen LogP contribution in [-0.4, -0.2) is 96.7 Å². The predicted octanol–water partition coefficient (Wildman–Crippen LogP) is 22.3. The topological polar surface area (TPSA) is 237 Å². The second kappa shape index (κ2) is 72.8. The minimum Gasteiger partial charge on any atom is -0.462 e. The van der Waals surface area contributed by atoms with Crippen molar-refractivity contribution in [2.75, 3.05) is 39.6 Å². The van der Waals surface area contributed by atoms with Crippen molar-refractivity contribution in [1.29, 1.82) is 0 Å². The average molecular weight is 1450 g/mol. The van der Waals surface area contributed by atoms with Crippen LogP contribution in [0, 0.1) is 0 Å². The number of hydrogen-bond donors (Lipinski definition) is 3. The van der Waals surface area contributed by atoms with Crippen molar-refractivity contribution in [3.8, 4) is 0 Å². The standard InChI is InChI=1S/C81H138O17P2/c1-5-9-13-17-21-25-29-33-35-37-39-43-46-50-54-58-62-66-79(84)92-72-77(98-81(86)68-64-60-56-52-48-44-40-38-36-34-30-26-22-18-14-10-6-2)74-96-100(89,90)94-70-75(82)69-93-99(87,88)95-73-76(97-80(85)67-63-59-55-51-47-42-32-28-24-20-16-12-8-4)71-91-78(83)65-61-57-53-49-45-41-31-27-23-19-15-11-7-3/h9-10,13-14,21-22,25-26,33-36,39-40,43-44,50,52,54,56,75-77,82H,5-8,11-12,15-20,23-24,27-32,37-38,41-42,45-49,51,53,55,57-74H2,1-4H3,(H,87,88)(H,89,90)/b13-9-,14-10-,25-21-,26-22-,35-33-,36-34-,43-39-,44-40-,54-50-,56-52-. The highest BCUT2D eigenvalue weighted by atomic mass is 31.2. The number of phosphoric ester groups is 2. The van der Waals surface area contributed by atoms with Crippen LogP contribution in [0.2, 0.25) is 0 Å². The number of rotatable bonds is 72. The van der Waals surface area contributed by atoms with Crippen LogP contribution in [0.25, 0.3) is 0 Å². The second-order valence-electron chi connectivity index (χ2n) is 25.5. The molecule has 0 saturated carbocycles. The number of aliphatic hydroxyl groups excluding tert-OH is 1. The molecule has 0 amide bonds. The Morgan fingerprint density at radius 1 is 0.290 bits per heavy atom. The highest BCUT2D eigenvalue weighted by molar-refractivity contribution is 7.47. The zero-order valence-electron chi connectivity index (χ0n) is 62.6. The first-order chi connectivity index (χ1) is 48.7. The number of carbonyl (C=O) groups excluding carboxylic acids is 4. The summed E-state index contributed by atoms with van der Waals surface area (Å²) in [5, 5.41) is 10.6. The van der Waals surface area contributed by atoms with E-state index in [1.807, 2.05) is 24.3 Å². The van der Waals surface area contributed by atoms with Crippen molar-refractivity contribution < 1.29 is 80.2 Å². The Labute approximate surface area is 606 Å². The largest absolute Gasteiger partial charge is 0.472 e. The molecule has 0 aliphatic carbocycles. The molecule has 19 heteroatoms. The Morgan fingerprint density at radius 2 is 0.520 bits per heavy atom. The molecule has 0 aliphatic rings. The molecule has 5 unspecified atom stereocenters. The number of allylic oxidation sites excluding steroid dienone is 20. The summed E-state index contributed by atoms with van der Waals surface area (Å²) >= 11 is 0. The minimum atomic E-state index is -5.00. The average Bonchev–Trinajstić information content (AvgIpc) is 1.15. The molecular weight excluding hydrogens is 1310 g/mol. The van der Waals surface area contributed by atoms with Gasteiger partial charge in [0.05, 0.1) is 26.4 Å². The smallest absolute Gasteiger partial charge is 0.462 e. The van der Waals surface area contributed by atoms with Gasteiger partial charge in [0.25, 0.3) is 0 Å². The van der Waals surface area contributed by atoms with Crippen LogP contribution in [0.15, 0.2) is 122 Å². The molecule has 5 atom stereocenters. The maximum Gasteiger partial charge on any atom is 0.472 e. The third kappa shape index (κ3) is 71.8. The lowest BCUT2D eigenvalue weighted by Gasteiger charge is -2.21. The summed E-state index contributed by atoms with van der Waals surface area (Å²) in [4.78, 5) is 72.8. The molecule has 0 aromatic carbocycles. The zero-order chi connectivity index (χ0) is 73.2. The summed E-state index contributed by atoms with van der Waals surface area (Å²) in [6.45, 7) is 4.53. The summed E-state index contributed by atoms with van der Waals surface area (Å²) in [6.07, 6.45) is 79.2. The van der Waals surface area contributed by atoms with Gasteiger partial charge in [0.1, 0.15) is 19.3 Å². The highest BCUT2D eigenvalue weighted by Crippen LogP contribution is 2.45. The van der Waals surface area contributed by atoms with Crippen LogP contribution in [0.1, 0.15) is 310 Å². The highest BCUT2D eigenvalue weighted by Gasteiger charge is 2.30. The summed E-state index contributed by atoms with van der Waals surface area (Å²) < 4.78 is 68.4. The van der Waals surface area contributed by atoms with Gasteiger partial charge >= 0.3 is 39.5 Å². The molecule has 0 aliphatic heterocycles. The molecule has 0 radical (unpaired) electrons. The molecule has 0 saturated heterocycles. The lowest BCUT2D eigenvalue weighted by molar-refractivity contribution is -0.161. The fraction of sp³-hybridized carbons (Fsp3) is 0.704. The molecule has 0 bridgehead atoms. The van der Waals surface area contributed by atoms with Gasteiger partial charge in [0.2, 0.25) is 0 Å².